The Morgan fingerprint density at radius 3 is 2.67 bits per heavy atom. The quantitative estimate of drug-likeness (QED) is 0.783. The number of carbonyl (C=O) groups excluding carboxylic acids is 1. The van der Waals surface area contributed by atoms with Crippen molar-refractivity contribution in [1.82, 2.24) is 10.2 Å². The Kier molecular flexibility index (Phi) is 4.44. The summed E-state index contributed by atoms with van der Waals surface area (Å²) < 4.78 is 24.4. The number of allylic oxidation sites excluding steroid dienone is 3. The molecule has 0 unspecified atom stereocenters. The Morgan fingerprint density at radius 1 is 1.38 bits per heavy atom. The van der Waals surface area contributed by atoms with E-state index in [1.807, 2.05) is 6.07 Å². The SMILES string of the molecule is CC(C)S(=O)(=O)C1=CC=C(C(=O)Nc2cc(C3CC3)[nH]n2)C(=S)C1. The Morgan fingerprint density at radius 2 is 2.08 bits per heavy atom. The number of thiocarbonyl (C=S) groups is 1. The smallest absolute Gasteiger partial charge is 0.258 e. The molecular formula is C16H19N3O3S2. The predicted octanol–water partition coefficient (Wildman–Crippen LogP) is 2.63. The molecule has 1 amide bonds. The van der Waals surface area contributed by atoms with Gasteiger partial charge >= 0.3 is 0 Å². The Labute approximate surface area is 146 Å². The number of nitrogens with zero attached hydrogens (tertiary/aromatic N) is 1. The maximum absolute atomic E-state index is 12.4. The molecule has 1 saturated carbocycles. The van der Waals surface area contributed by atoms with Crippen LogP contribution in [-0.2, 0) is 14.6 Å². The van der Waals surface area contributed by atoms with E-state index in [4.69, 9.17) is 12.2 Å². The number of aromatic nitrogens is 2. The number of hydrogen-bond donors (Lipinski definition) is 2. The van der Waals surface area contributed by atoms with Crippen molar-refractivity contribution in [3.63, 3.8) is 0 Å². The van der Waals surface area contributed by atoms with Gasteiger partial charge in [-0.15, -0.1) is 0 Å². The number of aromatic amines is 1. The van der Waals surface area contributed by atoms with E-state index in [0.717, 1.165) is 18.5 Å². The molecule has 1 aromatic rings. The van der Waals surface area contributed by atoms with Crippen molar-refractivity contribution in [2.45, 2.75) is 44.3 Å². The summed E-state index contributed by atoms with van der Waals surface area (Å²) in [5.74, 6) is 0.603. The second kappa shape index (κ2) is 6.25. The van der Waals surface area contributed by atoms with E-state index in [9.17, 15) is 13.2 Å². The normalized spacial score (nSPS) is 18.4. The average Bonchev–Trinajstić information content (AvgIpc) is 3.27. The van der Waals surface area contributed by atoms with Crippen LogP contribution in [0.3, 0.4) is 0 Å². The fraction of sp³-hybridized carbons (Fsp3) is 0.438. The lowest BCUT2D eigenvalue weighted by molar-refractivity contribution is -0.112. The largest absolute Gasteiger partial charge is 0.305 e. The van der Waals surface area contributed by atoms with Crippen molar-refractivity contribution in [1.29, 1.82) is 0 Å². The van der Waals surface area contributed by atoms with E-state index >= 15 is 0 Å². The molecule has 0 aromatic carbocycles. The molecule has 8 heteroatoms. The minimum atomic E-state index is -3.36. The van der Waals surface area contributed by atoms with Gasteiger partial charge in [0.1, 0.15) is 0 Å². The van der Waals surface area contributed by atoms with Crippen LogP contribution in [0.15, 0.2) is 28.7 Å². The number of hydrogen-bond acceptors (Lipinski definition) is 5. The first-order valence-electron chi connectivity index (χ1n) is 7.83. The summed E-state index contributed by atoms with van der Waals surface area (Å²) in [4.78, 5) is 12.9. The fourth-order valence-electron chi connectivity index (χ4n) is 2.47. The van der Waals surface area contributed by atoms with Crippen LogP contribution in [-0.4, -0.2) is 34.6 Å². The highest BCUT2D eigenvalue weighted by Crippen LogP contribution is 2.39. The summed E-state index contributed by atoms with van der Waals surface area (Å²) in [5, 5.41) is 9.19. The summed E-state index contributed by atoms with van der Waals surface area (Å²) in [5.41, 5.74) is 1.33. The molecule has 0 spiro atoms. The summed E-state index contributed by atoms with van der Waals surface area (Å²) in [6, 6.07) is 1.83. The van der Waals surface area contributed by atoms with Gasteiger partial charge < -0.3 is 5.32 Å². The van der Waals surface area contributed by atoms with Crippen LogP contribution in [0.25, 0.3) is 0 Å². The summed E-state index contributed by atoms with van der Waals surface area (Å²) in [7, 11) is -3.36. The zero-order valence-electron chi connectivity index (χ0n) is 13.5. The van der Waals surface area contributed by atoms with Crippen molar-refractivity contribution < 1.29 is 13.2 Å². The fourth-order valence-corrected chi connectivity index (χ4v) is 4.09. The van der Waals surface area contributed by atoms with Gasteiger partial charge in [-0.2, -0.15) is 5.10 Å². The molecule has 0 saturated heterocycles. The van der Waals surface area contributed by atoms with Crippen LogP contribution in [0.5, 0.6) is 0 Å². The minimum absolute atomic E-state index is 0.0863. The third kappa shape index (κ3) is 3.34. The molecule has 2 aliphatic carbocycles. The number of rotatable bonds is 5. The highest BCUT2D eigenvalue weighted by molar-refractivity contribution is 7.96. The van der Waals surface area contributed by atoms with Crippen LogP contribution >= 0.6 is 12.2 Å². The Balaban J connectivity index is 1.75. The molecule has 128 valence electrons. The molecule has 6 nitrogen and oxygen atoms in total. The first-order chi connectivity index (χ1) is 11.3. The topological polar surface area (TPSA) is 91.9 Å². The van der Waals surface area contributed by atoms with Crippen LogP contribution in [0.2, 0.25) is 0 Å². The molecule has 0 radical (unpaired) electrons. The summed E-state index contributed by atoms with van der Waals surface area (Å²) >= 11 is 5.25. The molecular weight excluding hydrogens is 346 g/mol. The monoisotopic (exact) mass is 365 g/mol. The van der Waals surface area contributed by atoms with E-state index in [1.165, 1.54) is 12.2 Å². The zero-order valence-corrected chi connectivity index (χ0v) is 15.1. The number of nitrogens with one attached hydrogen (secondary N) is 2. The third-order valence-electron chi connectivity index (χ3n) is 4.16. The summed E-state index contributed by atoms with van der Waals surface area (Å²) in [6.07, 6.45) is 5.32. The molecule has 0 atom stereocenters. The number of sulfone groups is 1. The molecule has 1 heterocycles. The predicted molar refractivity (Wildman–Crippen MR) is 96.6 cm³/mol. The van der Waals surface area contributed by atoms with Gasteiger partial charge in [0.15, 0.2) is 15.7 Å². The van der Waals surface area contributed by atoms with E-state index < -0.39 is 15.1 Å². The molecule has 24 heavy (non-hydrogen) atoms. The second-order valence-electron chi connectivity index (χ2n) is 6.34. The van der Waals surface area contributed by atoms with Crippen LogP contribution < -0.4 is 5.32 Å². The van der Waals surface area contributed by atoms with Crippen molar-refractivity contribution in [2.24, 2.45) is 0 Å². The second-order valence-corrected chi connectivity index (χ2v) is 9.39. The van der Waals surface area contributed by atoms with Gasteiger partial charge in [-0.05, 0) is 38.8 Å². The lowest BCUT2D eigenvalue weighted by atomic mass is 10.0. The lowest BCUT2D eigenvalue weighted by Crippen LogP contribution is -2.25. The first-order valence-corrected chi connectivity index (χ1v) is 9.79. The van der Waals surface area contributed by atoms with Crippen LogP contribution in [0.1, 0.15) is 44.7 Å². The number of carbonyl (C=O) groups is 1. The van der Waals surface area contributed by atoms with Crippen LogP contribution in [0, 0.1) is 0 Å². The molecule has 0 bridgehead atoms. The minimum Gasteiger partial charge on any atom is -0.305 e. The van der Waals surface area contributed by atoms with Crippen molar-refractivity contribution in [2.75, 3.05) is 5.32 Å². The molecule has 3 rings (SSSR count). The van der Waals surface area contributed by atoms with Crippen LogP contribution in [0.4, 0.5) is 5.82 Å². The lowest BCUT2D eigenvalue weighted by Gasteiger charge is -2.17. The van der Waals surface area contributed by atoms with Gasteiger partial charge in [-0.1, -0.05) is 12.2 Å². The van der Waals surface area contributed by atoms with Gasteiger partial charge in [0, 0.05) is 33.9 Å². The van der Waals surface area contributed by atoms with Gasteiger partial charge in [0.05, 0.1) is 10.8 Å². The maximum Gasteiger partial charge on any atom is 0.258 e. The molecule has 1 fully saturated rings. The van der Waals surface area contributed by atoms with E-state index in [2.05, 4.69) is 15.5 Å². The van der Waals surface area contributed by atoms with Crippen molar-refractivity contribution in [3.8, 4) is 0 Å². The highest BCUT2D eigenvalue weighted by atomic mass is 32.2. The Hall–Kier alpha value is -1.80. The molecule has 2 N–H and O–H groups in total. The number of H-pyrrole nitrogens is 1. The average molecular weight is 365 g/mol. The van der Waals surface area contributed by atoms with Gasteiger partial charge in [0.25, 0.3) is 5.91 Å². The number of amides is 1. The van der Waals surface area contributed by atoms with E-state index in [-0.39, 0.29) is 17.2 Å². The van der Waals surface area contributed by atoms with Crippen molar-refractivity contribution >= 4 is 38.6 Å². The Bertz CT molecular complexity index is 859. The molecule has 2 aliphatic rings. The van der Waals surface area contributed by atoms with E-state index in [0.29, 0.717) is 22.2 Å². The van der Waals surface area contributed by atoms with Gasteiger partial charge in [0.2, 0.25) is 0 Å². The molecule has 0 aliphatic heterocycles. The van der Waals surface area contributed by atoms with Gasteiger partial charge in [-0.25, -0.2) is 8.42 Å². The third-order valence-corrected chi connectivity index (χ3v) is 6.77. The van der Waals surface area contributed by atoms with Crippen molar-refractivity contribution in [3.05, 3.63) is 34.4 Å². The number of anilines is 1. The van der Waals surface area contributed by atoms with Gasteiger partial charge in [-0.3, -0.25) is 9.89 Å². The highest BCUT2D eigenvalue weighted by Gasteiger charge is 2.29. The van der Waals surface area contributed by atoms with E-state index in [1.54, 1.807) is 13.8 Å². The maximum atomic E-state index is 12.4. The molecule has 1 aromatic heterocycles. The first kappa shape index (κ1) is 17.0. The standard InChI is InChI=1S/C16H19N3O3S2/c1-9(2)24(21,22)11-5-6-12(14(23)7-11)16(20)17-15-8-13(18-19-15)10-3-4-10/h5-6,8-10H,3-4,7H2,1-2H3,(H2,17,18,19,20). The summed E-state index contributed by atoms with van der Waals surface area (Å²) in [6.45, 7) is 3.25. The zero-order chi connectivity index (χ0) is 17.5.